The van der Waals surface area contributed by atoms with E-state index in [1.165, 1.54) is 6.92 Å². The van der Waals surface area contributed by atoms with Gasteiger partial charge in [-0.05, 0) is 56.9 Å². The fourth-order valence-corrected chi connectivity index (χ4v) is 4.08. The van der Waals surface area contributed by atoms with Gasteiger partial charge < -0.3 is 10.2 Å². The molecule has 0 bridgehead atoms. The smallest absolute Gasteiger partial charge is 0.241 e. The minimum absolute atomic E-state index is 0.225. The highest BCUT2D eigenvalue weighted by Crippen LogP contribution is 2.26. The third kappa shape index (κ3) is 3.20. The van der Waals surface area contributed by atoms with Crippen molar-refractivity contribution in [3.05, 3.63) is 28.3 Å². The summed E-state index contributed by atoms with van der Waals surface area (Å²) in [7, 11) is -3.82. The molecule has 0 saturated heterocycles. The topological polar surface area (TPSA) is 86.6 Å². The van der Waals surface area contributed by atoms with Gasteiger partial charge in [0.15, 0.2) is 0 Å². The van der Waals surface area contributed by atoms with Crippen LogP contribution in [0.4, 0.5) is 0 Å². The summed E-state index contributed by atoms with van der Waals surface area (Å²) in [6, 6.07) is 1.95. The predicted octanol–water partition coefficient (Wildman–Crippen LogP) is 0.942. The maximum absolute atomic E-state index is 12.6. The highest BCUT2D eigenvalue weighted by Gasteiger charge is 2.31. The van der Waals surface area contributed by atoms with Gasteiger partial charge in [-0.3, -0.25) is 0 Å². The molecule has 0 heterocycles. The standard InChI is InChI=1S/C14H23NO4S/c1-9-6-10(2)12(4)13(11(9)3)20(18,19)15-14(5,7-16)8-17/h6,15-17H,7-8H2,1-5H3. The fraction of sp³-hybridized carbons (Fsp3) is 0.571. The minimum Gasteiger partial charge on any atom is -0.394 e. The molecule has 0 radical (unpaired) electrons. The quantitative estimate of drug-likeness (QED) is 0.755. The molecular formula is C14H23NO4S. The molecule has 0 fully saturated rings. The number of aliphatic hydroxyl groups excluding tert-OH is 2. The average Bonchev–Trinajstić information content (AvgIpc) is 2.35. The van der Waals surface area contributed by atoms with E-state index in [2.05, 4.69) is 4.72 Å². The molecule has 0 saturated carbocycles. The maximum atomic E-state index is 12.6. The molecule has 0 aliphatic rings. The first-order valence-corrected chi connectivity index (χ1v) is 7.89. The third-order valence-corrected chi connectivity index (χ3v) is 5.56. The average molecular weight is 301 g/mol. The van der Waals surface area contributed by atoms with Gasteiger partial charge in [0.1, 0.15) is 0 Å². The lowest BCUT2D eigenvalue weighted by Crippen LogP contribution is -2.51. The highest BCUT2D eigenvalue weighted by atomic mass is 32.2. The van der Waals surface area contributed by atoms with E-state index < -0.39 is 28.8 Å². The second-order valence-electron chi connectivity index (χ2n) is 5.57. The lowest BCUT2D eigenvalue weighted by atomic mass is 10.0. The van der Waals surface area contributed by atoms with E-state index >= 15 is 0 Å². The van der Waals surface area contributed by atoms with Gasteiger partial charge in [0.25, 0.3) is 0 Å². The zero-order valence-electron chi connectivity index (χ0n) is 12.6. The molecule has 0 amide bonds. The first kappa shape index (κ1) is 17.1. The maximum Gasteiger partial charge on any atom is 0.241 e. The Morgan fingerprint density at radius 2 is 1.45 bits per heavy atom. The molecule has 0 spiro atoms. The van der Waals surface area contributed by atoms with E-state index in [-0.39, 0.29) is 4.90 Å². The van der Waals surface area contributed by atoms with Gasteiger partial charge in [0.05, 0.1) is 23.6 Å². The molecule has 3 N–H and O–H groups in total. The van der Waals surface area contributed by atoms with Crippen LogP contribution in [0.25, 0.3) is 0 Å². The lowest BCUT2D eigenvalue weighted by molar-refractivity contribution is 0.121. The normalized spacial score (nSPS) is 12.8. The zero-order chi connectivity index (χ0) is 15.7. The van der Waals surface area contributed by atoms with E-state index in [1.54, 1.807) is 13.8 Å². The van der Waals surface area contributed by atoms with Crippen molar-refractivity contribution in [1.82, 2.24) is 4.72 Å². The Bertz CT molecular complexity index is 578. The van der Waals surface area contributed by atoms with Crippen molar-refractivity contribution < 1.29 is 18.6 Å². The second kappa shape index (κ2) is 5.81. The molecule has 0 atom stereocenters. The molecule has 1 rings (SSSR count). The van der Waals surface area contributed by atoms with Gasteiger partial charge in [0, 0.05) is 0 Å². The van der Waals surface area contributed by atoms with Crippen LogP contribution in [0.15, 0.2) is 11.0 Å². The molecule has 0 aromatic heterocycles. The van der Waals surface area contributed by atoms with Crippen molar-refractivity contribution in [3.8, 4) is 0 Å². The zero-order valence-corrected chi connectivity index (χ0v) is 13.4. The molecular weight excluding hydrogens is 278 g/mol. The monoisotopic (exact) mass is 301 g/mol. The molecule has 0 aliphatic carbocycles. The number of rotatable bonds is 5. The Hall–Kier alpha value is -0.950. The van der Waals surface area contributed by atoms with Crippen molar-refractivity contribution in [2.24, 2.45) is 0 Å². The molecule has 0 unspecified atom stereocenters. The summed E-state index contributed by atoms with van der Waals surface area (Å²) < 4.78 is 27.6. The predicted molar refractivity (Wildman–Crippen MR) is 78.3 cm³/mol. The summed E-state index contributed by atoms with van der Waals surface area (Å²) in [5, 5.41) is 18.5. The molecule has 0 aliphatic heterocycles. The molecule has 6 heteroatoms. The van der Waals surface area contributed by atoms with Gasteiger partial charge in [-0.25, -0.2) is 13.1 Å². The van der Waals surface area contributed by atoms with Crippen LogP contribution in [-0.4, -0.2) is 37.4 Å². The second-order valence-corrected chi connectivity index (χ2v) is 7.19. The summed E-state index contributed by atoms with van der Waals surface area (Å²) in [5.41, 5.74) is 1.86. The number of hydrogen-bond acceptors (Lipinski definition) is 4. The largest absolute Gasteiger partial charge is 0.394 e. The summed E-state index contributed by atoms with van der Waals surface area (Å²) in [6.07, 6.45) is 0. The van der Waals surface area contributed by atoms with Crippen LogP contribution >= 0.6 is 0 Å². The number of aliphatic hydroxyl groups is 2. The van der Waals surface area contributed by atoms with E-state index in [4.69, 9.17) is 0 Å². The van der Waals surface area contributed by atoms with Crippen LogP contribution in [0.3, 0.4) is 0 Å². The van der Waals surface area contributed by atoms with Crippen LogP contribution in [0.5, 0.6) is 0 Å². The number of aryl methyl sites for hydroxylation is 2. The molecule has 114 valence electrons. The number of hydrogen-bond donors (Lipinski definition) is 3. The van der Waals surface area contributed by atoms with Crippen LogP contribution in [0.1, 0.15) is 29.2 Å². The Labute approximate surface area is 120 Å². The first-order chi connectivity index (χ1) is 9.08. The van der Waals surface area contributed by atoms with Gasteiger partial charge >= 0.3 is 0 Å². The third-order valence-electron chi connectivity index (χ3n) is 3.64. The summed E-state index contributed by atoms with van der Waals surface area (Å²) >= 11 is 0. The van der Waals surface area contributed by atoms with Crippen molar-refractivity contribution >= 4 is 10.0 Å². The Morgan fingerprint density at radius 1 is 1.05 bits per heavy atom. The summed E-state index contributed by atoms with van der Waals surface area (Å²) in [4.78, 5) is 0.225. The van der Waals surface area contributed by atoms with E-state index in [9.17, 15) is 18.6 Å². The number of nitrogens with one attached hydrogen (secondary N) is 1. The molecule has 1 aromatic rings. The van der Waals surface area contributed by atoms with E-state index in [0.717, 1.165) is 11.1 Å². The van der Waals surface area contributed by atoms with Crippen LogP contribution in [0, 0.1) is 27.7 Å². The highest BCUT2D eigenvalue weighted by molar-refractivity contribution is 7.89. The van der Waals surface area contributed by atoms with Crippen LogP contribution < -0.4 is 4.72 Å². The lowest BCUT2D eigenvalue weighted by Gasteiger charge is -2.27. The van der Waals surface area contributed by atoms with E-state index in [0.29, 0.717) is 11.1 Å². The summed E-state index contributed by atoms with van der Waals surface area (Å²) in [5.74, 6) is 0. The van der Waals surface area contributed by atoms with Crippen molar-refractivity contribution in [1.29, 1.82) is 0 Å². The molecule has 5 nitrogen and oxygen atoms in total. The van der Waals surface area contributed by atoms with Gasteiger partial charge in [-0.1, -0.05) is 6.07 Å². The van der Waals surface area contributed by atoms with Crippen molar-refractivity contribution in [2.75, 3.05) is 13.2 Å². The van der Waals surface area contributed by atoms with Crippen LogP contribution in [0.2, 0.25) is 0 Å². The van der Waals surface area contributed by atoms with Crippen molar-refractivity contribution in [3.63, 3.8) is 0 Å². The van der Waals surface area contributed by atoms with Crippen molar-refractivity contribution in [2.45, 2.75) is 45.1 Å². The Kier molecular flexibility index (Phi) is 4.97. The van der Waals surface area contributed by atoms with Gasteiger partial charge in [-0.2, -0.15) is 0 Å². The first-order valence-electron chi connectivity index (χ1n) is 6.41. The Balaban J connectivity index is 3.44. The minimum atomic E-state index is -3.82. The number of sulfonamides is 1. The fourth-order valence-electron chi connectivity index (χ4n) is 2.07. The van der Waals surface area contributed by atoms with Crippen LogP contribution in [-0.2, 0) is 10.0 Å². The molecule has 20 heavy (non-hydrogen) atoms. The van der Waals surface area contributed by atoms with Gasteiger partial charge in [0.2, 0.25) is 10.0 Å². The number of benzene rings is 1. The summed E-state index contributed by atoms with van der Waals surface area (Å²) in [6.45, 7) is 7.72. The van der Waals surface area contributed by atoms with Gasteiger partial charge in [-0.15, -0.1) is 0 Å². The Morgan fingerprint density at radius 3 is 1.80 bits per heavy atom. The molecule has 1 aromatic carbocycles. The SMILES string of the molecule is Cc1cc(C)c(C)c(S(=O)(=O)NC(C)(CO)CO)c1C. The van der Waals surface area contributed by atoms with E-state index in [1.807, 2.05) is 19.9 Å².